The van der Waals surface area contributed by atoms with Crippen LogP contribution in [0.5, 0.6) is 0 Å². The smallest absolute Gasteiger partial charge is 0.0468 e. The van der Waals surface area contributed by atoms with Gasteiger partial charge >= 0.3 is 0 Å². The lowest BCUT2D eigenvalue weighted by molar-refractivity contribution is 0.305. The Bertz CT molecular complexity index is 4410. The van der Waals surface area contributed by atoms with E-state index in [4.69, 9.17) is 0 Å². The lowest BCUT2D eigenvalue weighted by atomic mass is 9.73. The van der Waals surface area contributed by atoms with Crippen molar-refractivity contribution in [2.45, 2.75) is 320 Å². The summed E-state index contributed by atoms with van der Waals surface area (Å²) in [6.07, 6.45) is 31.6. The van der Waals surface area contributed by atoms with E-state index in [0.29, 0.717) is 11.8 Å². The van der Waals surface area contributed by atoms with E-state index >= 15 is 0 Å². The van der Waals surface area contributed by atoms with Crippen LogP contribution in [0.4, 0.5) is 0 Å². The van der Waals surface area contributed by atoms with Crippen LogP contribution in [-0.2, 0) is 0 Å². The van der Waals surface area contributed by atoms with Gasteiger partial charge in [-0.25, -0.2) is 0 Å². The summed E-state index contributed by atoms with van der Waals surface area (Å²) in [6.45, 7) is 56.8. The predicted molar refractivity (Wildman–Crippen MR) is 422 cm³/mol. The number of H-pyrrole nitrogens is 6. The average molecular weight is 1330 g/mol. The Morgan fingerprint density at radius 2 is 0.480 bits per heavy atom. The topological polar surface area (TPSA) is 119 Å². The van der Waals surface area contributed by atoms with Gasteiger partial charge in [0.1, 0.15) is 0 Å². The molecule has 8 nitrogen and oxygen atoms in total. The molecule has 10 heterocycles. The molecule has 6 aromatic rings. The van der Waals surface area contributed by atoms with Crippen molar-refractivity contribution in [2.75, 3.05) is 0 Å². The van der Waals surface area contributed by atoms with Gasteiger partial charge in [0.15, 0.2) is 0 Å². The van der Waals surface area contributed by atoms with E-state index in [1.54, 1.807) is 0 Å². The Morgan fingerprint density at radius 1 is 0.245 bits per heavy atom. The van der Waals surface area contributed by atoms with E-state index in [2.05, 4.69) is 207 Å². The van der Waals surface area contributed by atoms with Crippen molar-refractivity contribution in [3.8, 4) is 0 Å². The maximum Gasteiger partial charge on any atom is 0.0468 e. The molecule has 0 radical (unpaired) electrons. The number of fused-ring (bicyclic) bond motifs is 16. The molecule has 2 fully saturated rings. The van der Waals surface area contributed by atoms with Crippen LogP contribution in [0.3, 0.4) is 0 Å². The molecule has 2 saturated heterocycles. The molecule has 98 heavy (non-hydrogen) atoms. The first-order chi connectivity index (χ1) is 46.5. The van der Waals surface area contributed by atoms with Crippen molar-refractivity contribution < 1.29 is 0 Å². The molecular weight excluding hydrogens is 1190 g/mol. The standard InChI is InChI=1S/2C45H66N4/c1-25-21-17-14-13-15-19-23-35-42-31(7)30(6)40(48-42)33(9)38-27(3)26(2)37(46-38)32(8)39-28(4)29(5)41(47-39)34(10)44-45(11,12)36(43(35)49-44)24-20-16-18-22-25;1-25-21-18-16-14-13-15-17-19-23-35-42-31(7)30(6)40(48-42)33(9)38-27(3)26(2)37(46-38)32(8)39-28(4)29(5)41(47-39)34(10)44-45(11,12)36(24-20-22-25)43(35)49-44/h2*25,36,46-49H,13-24H2,1-12H3. The molecule has 2 aliphatic carbocycles. The van der Waals surface area contributed by atoms with Gasteiger partial charge in [-0.3, -0.25) is 0 Å². The Balaban J connectivity index is 0.000000198. The highest BCUT2D eigenvalue weighted by atomic mass is 15.0. The van der Waals surface area contributed by atoms with Gasteiger partial charge in [0.25, 0.3) is 0 Å². The van der Waals surface area contributed by atoms with Gasteiger partial charge < -0.3 is 40.5 Å². The Kier molecular flexibility index (Phi) is 21.9. The number of aromatic nitrogens is 6. The van der Waals surface area contributed by atoms with Crippen molar-refractivity contribution >= 4 is 44.6 Å². The number of nitrogens with one attached hydrogen (secondary N) is 8. The van der Waals surface area contributed by atoms with E-state index in [1.807, 2.05) is 0 Å². The minimum absolute atomic E-state index is 0.0101. The second kappa shape index (κ2) is 29.4. The average Bonchev–Trinajstić information content (AvgIpc) is 1.58. The highest BCUT2D eigenvalue weighted by Crippen LogP contribution is 2.54. The van der Waals surface area contributed by atoms with Crippen LogP contribution in [-0.4, -0.2) is 29.9 Å². The number of allylic oxidation sites excluding steroid dienone is 8. The maximum absolute atomic E-state index is 4.26. The second-order valence-electron chi connectivity index (χ2n) is 33.9. The quantitative estimate of drug-likeness (QED) is 0.0773. The van der Waals surface area contributed by atoms with Gasteiger partial charge in [-0.2, -0.15) is 0 Å². The molecule has 4 aliphatic heterocycles. The molecule has 4 unspecified atom stereocenters. The molecule has 12 rings (SSSR count). The van der Waals surface area contributed by atoms with Crippen LogP contribution >= 0.6 is 0 Å². The summed E-state index contributed by atoms with van der Waals surface area (Å²) in [7, 11) is 0. The van der Waals surface area contributed by atoms with Crippen LogP contribution in [0, 0.1) is 118 Å². The summed E-state index contributed by atoms with van der Waals surface area (Å²) in [5.41, 5.74) is 43.3. The highest BCUT2D eigenvalue weighted by Gasteiger charge is 2.47. The summed E-state index contributed by atoms with van der Waals surface area (Å²) in [5.74, 6) is 2.56. The first-order valence-electron chi connectivity index (χ1n) is 39.5. The van der Waals surface area contributed by atoms with E-state index in [0.717, 1.165) is 24.7 Å². The van der Waals surface area contributed by atoms with Crippen LogP contribution in [0.15, 0.2) is 22.8 Å². The fourth-order valence-electron chi connectivity index (χ4n) is 19.6. The van der Waals surface area contributed by atoms with Crippen LogP contribution < -0.4 is 32.0 Å². The first-order valence-corrected chi connectivity index (χ1v) is 39.5. The molecule has 6 aliphatic rings. The normalized spacial score (nSPS) is 22.6. The summed E-state index contributed by atoms with van der Waals surface area (Å²) in [5, 5.41) is 13.5. The molecule has 0 aromatic carbocycles. The SMILES string of the molecule is CC1=C2NC3=C(CCCCCCCC(C)CCCCCC3C2(C)C)c2[nH]c(c(C)c2C)C(C)=c2[nH]c(c(C)c2C)=C(C)c2[nH]c1c(C)c2C.CC1=C2NC3=C(CCCCCCCCCC(C)CCCC3C2(C)C)c2[nH]c(c(C)c2C)C(C)=c2[nH]c(c(C)c2C)=C(C)c2[nH]c1c(C)c2C. The summed E-state index contributed by atoms with van der Waals surface area (Å²) in [4.78, 5) is 24.1. The Hall–Kier alpha value is -6.28. The third kappa shape index (κ3) is 13.4. The number of aromatic amines is 6. The van der Waals surface area contributed by atoms with E-state index in [1.165, 1.54) is 342 Å². The van der Waals surface area contributed by atoms with Gasteiger partial charge in [0, 0.05) is 112 Å². The lowest BCUT2D eigenvalue weighted by Crippen LogP contribution is -2.22. The third-order valence-electron chi connectivity index (χ3n) is 27.0. The van der Waals surface area contributed by atoms with Gasteiger partial charge in [-0.05, 0) is 286 Å². The molecule has 6 aromatic heterocycles. The molecule has 532 valence electrons. The molecule has 16 bridgehead atoms. The van der Waals surface area contributed by atoms with Crippen molar-refractivity contribution in [2.24, 2.45) is 34.5 Å². The predicted octanol–water partition coefficient (Wildman–Crippen LogP) is 22.0. The molecule has 8 N–H and O–H groups in total. The summed E-state index contributed by atoms with van der Waals surface area (Å²) >= 11 is 0. The minimum atomic E-state index is -0.0141. The Morgan fingerprint density at radius 3 is 0.806 bits per heavy atom. The van der Waals surface area contributed by atoms with Gasteiger partial charge in [-0.1, -0.05) is 157 Å². The number of rotatable bonds is 0. The molecular formula is C90H132N8. The number of hydrogen-bond acceptors (Lipinski definition) is 2. The molecule has 8 heteroatoms. The van der Waals surface area contributed by atoms with E-state index in [9.17, 15) is 0 Å². The van der Waals surface area contributed by atoms with Crippen LogP contribution in [0.25, 0.3) is 44.6 Å². The minimum Gasteiger partial charge on any atom is -0.361 e. The highest BCUT2D eigenvalue weighted by molar-refractivity contribution is 5.82. The molecule has 4 atom stereocenters. The molecule has 0 saturated carbocycles. The van der Waals surface area contributed by atoms with Gasteiger partial charge in [-0.15, -0.1) is 0 Å². The van der Waals surface area contributed by atoms with Crippen LogP contribution in [0.2, 0.25) is 0 Å². The molecule has 0 amide bonds. The van der Waals surface area contributed by atoms with Gasteiger partial charge in [0.2, 0.25) is 0 Å². The molecule has 0 spiro atoms. The van der Waals surface area contributed by atoms with E-state index < -0.39 is 0 Å². The summed E-state index contributed by atoms with van der Waals surface area (Å²) < 4.78 is 0. The monoisotopic (exact) mass is 1330 g/mol. The lowest BCUT2D eigenvalue weighted by Gasteiger charge is -2.29. The maximum atomic E-state index is 4.26. The van der Waals surface area contributed by atoms with Crippen molar-refractivity contribution in [1.82, 2.24) is 40.5 Å². The Labute approximate surface area is 593 Å². The fourth-order valence-corrected chi connectivity index (χ4v) is 19.6. The second-order valence-corrected chi connectivity index (χ2v) is 33.9. The zero-order valence-electron chi connectivity index (χ0n) is 66.3. The first kappa shape index (κ1) is 73.0. The number of hydrogen-bond donors (Lipinski definition) is 8. The third-order valence-corrected chi connectivity index (χ3v) is 27.0. The van der Waals surface area contributed by atoms with E-state index in [-0.39, 0.29) is 10.8 Å². The van der Waals surface area contributed by atoms with Crippen molar-refractivity contribution in [3.05, 3.63) is 156 Å². The van der Waals surface area contributed by atoms with Crippen molar-refractivity contribution in [1.29, 1.82) is 0 Å². The van der Waals surface area contributed by atoms with Crippen molar-refractivity contribution in [3.63, 3.8) is 0 Å². The van der Waals surface area contributed by atoms with Gasteiger partial charge in [0.05, 0.1) is 0 Å². The largest absolute Gasteiger partial charge is 0.361 e. The zero-order valence-corrected chi connectivity index (χ0v) is 66.3. The zero-order chi connectivity index (χ0) is 70.7. The fraction of sp³-hybridized carbons (Fsp3) is 0.600. The summed E-state index contributed by atoms with van der Waals surface area (Å²) in [6, 6.07) is 0. The van der Waals surface area contributed by atoms with Crippen LogP contribution in [0.1, 0.15) is 349 Å².